The molecule has 70 heavy (non-hydrogen) atoms. The number of esters is 8. The minimum atomic E-state index is -1.37. The molecule has 0 spiro atoms. The maximum Gasteiger partial charge on any atom is 0.303 e. The van der Waals surface area contributed by atoms with Crippen LogP contribution < -0.4 is 9.13 Å². The summed E-state index contributed by atoms with van der Waals surface area (Å²) in [6.07, 6.45) is 1.27. The van der Waals surface area contributed by atoms with Gasteiger partial charge in [0, 0.05) is 55.4 Å². The summed E-state index contributed by atoms with van der Waals surface area (Å²) in [6.45, 7) is 10.0. The molecule has 0 aliphatic carbocycles. The predicted molar refractivity (Wildman–Crippen MR) is 222 cm³/mol. The van der Waals surface area contributed by atoms with E-state index in [4.69, 9.17) is 47.4 Å². The van der Waals surface area contributed by atoms with Gasteiger partial charge in [-0.25, -0.2) is 27.6 Å². The molecule has 2 fully saturated rings. The van der Waals surface area contributed by atoms with Crippen LogP contribution in [-0.4, -0.2) is 149 Å². The molecule has 2 aliphatic heterocycles. The third-order valence-electron chi connectivity index (χ3n) is 10.4. The molecule has 4 aromatic rings. The van der Waals surface area contributed by atoms with Crippen molar-refractivity contribution in [2.24, 2.45) is 0 Å². The normalized spacial score (nSPS) is 24.1. The Kier molecular flexibility index (Phi) is 17.1. The SMILES string of the molecule is CC(=O)OC[C@H]1O[C@@H](n2cc(C[n+]3ccn(CCn4cc[n+](Cc5cn([C@@H]6O[C@H](COC(C)=O)[C@@H](OC(C)=O)[C@H](OC(C)=O)[C@H]6OC(C)=O)nn5)c4)c3)nn2)[C@H](OC(C)=O)[C@@H](OC(C)=O)[C@@H]1OC(C)=O. The molecule has 6 heterocycles. The van der Waals surface area contributed by atoms with Crippen molar-refractivity contribution < 1.29 is 94.9 Å². The first-order valence-electron chi connectivity index (χ1n) is 21.7. The second kappa shape index (κ2) is 23.1. The van der Waals surface area contributed by atoms with E-state index in [2.05, 4.69) is 20.6 Å². The molecule has 0 radical (unpaired) electrons. The number of aryl methyl sites for hydroxylation is 2. The topological polar surface area (TPSA) is 308 Å². The van der Waals surface area contributed by atoms with E-state index in [9.17, 15) is 38.4 Å². The van der Waals surface area contributed by atoms with Gasteiger partial charge in [0.15, 0.2) is 49.1 Å². The molecule has 2 saturated heterocycles. The molecule has 0 saturated carbocycles. The first-order valence-corrected chi connectivity index (χ1v) is 21.7. The first kappa shape index (κ1) is 51.8. The predicted octanol–water partition coefficient (Wildman–Crippen LogP) is -1.64. The fourth-order valence-corrected chi connectivity index (χ4v) is 7.79. The number of nitrogens with zero attached hydrogens (tertiary/aromatic N) is 10. The summed E-state index contributed by atoms with van der Waals surface area (Å²) >= 11 is 0. The molecule has 0 bridgehead atoms. The number of imidazole rings is 2. The fourth-order valence-electron chi connectivity index (χ4n) is 7.79. The average molecular weight is 987 g/mol. The Hall–Kier alpha value is -7.62. The molecular formula is C42H54N10O18+2. The highest BCUT2D eigenvalue weighted by Crippen LogP contribution is 2.36. The molecule has 6 rings (SSSR count). The Labute approximate surface area is 398 Å². The van der Waals surface area contributed by atoms with Gasteiger partial charge in [0.05, 0.1) is 12.4 Å². The van der Waals surface area contributed by atoms with Gasteiger partial charge in [-0.2, -0.15) is 0 Å². The Morgan fingerprint density at radius 3 is 1.14 bits per heavy atom. The van der Waals surface area contributed by atoms with Crippen molar-refractivity contribution >= 4 is 47.8 Å². The highest BCUT2D eigenvalue weighted by atomic mass is 16.7. The molecule has 2 aliphatic rings. The second-order valence-electron chi connectivity index (χ2n) is 16.2. The third-order valence-corrected chi connectivity index (χ3v) is 10.4. The number of hydrogen-bond donors (Lipinski definition) is 0. The summed E-state index contributed by atoms with van der Waals surface area (Å²) in [4.78, 5) is 96.8. The van der Waals surface area contributed by atoms with Crippen molar-refractivity contribution in [3.05, 3.63) is 61.2 Å². The monoisotopic (exact) mass is 986 g/mol. The van der Waals surface area contributed by atoms with Gasteiger partial charge in [-0.1, -0.05) is 10.4 Å². The van der Waals surface area contributed by atoms with Gasteiger partial charge in [0.25, 0.3) is 0 Å². The highest BCUT2D eigenvalue weighted by Gasteiger charge is 2.55. The Balaban J connectivity index is 1.11. The maximum atomic E-state index is 12.3. The fraction of sp³-hybridized carbons (Fsp3) is 0.571. The van der Waals surface area contributed by atoms with Crippen LogP contribution in [0.3, 0.4) is 0 Å². The van der Waals surface area contributed by atoms with Crippen molar-refractivity contribution in [2.45, 2.75) is 143 Å². The number of rotatable bonds is 19. The molecule has 0 unspecified atom stereocenters. The van der Waals surface area contributed by atoms with Crippen LogP contribution in [0.1, 0.15) is 79.2 Å². The second-order valence-corrected chi connectivity index (χ2v) is 16.2. The van der Waals surface area contributed by atoms with E-state index in [1.807, 2.05) is 55.7 Å². The molecular weight excluding hydrogens is 933 g/mol. The molecule has 0 N–H and O–H groups in total. The summed E-state index contributed by atoms with van der Waals surface area (Å²) in [5.41, 5.74) is 0.932. The van der Waals surface area contributed by atoms with Crippen LogP contribution in [0.25, 0.3) is 0 Å². The number of ether oxygens (including phenoxy) is 10. The zero-order chi connectivity index (χ0) is 50.8. The van der Waals surface area contributed by atoms with E-state index in [0.29, 0.717) is 24.5 Å². The molecule has 28 heteroatoms. The largest absolute Gasteiger partial charge is 0.463 e. The zero-order valence-corrected chi connectivity index (χ0v) is 39.5. The number of hydrogen-bond acceptors (Lipinski definition) is 22. The molecule has 378 valence electrons. The minimum Gasteiger partial charge on any atom is -0.463 e. The van der Waals surface area contributed by atoms with Gasteiger partial charge >= 0.3 is 47.8 Å². The molecule has 4 aromatic heterocycles. The summed E-state index contributed by atoms with van der Waals surface area (Å²) in [5, 5.41) is 16.9. The van der Waals surface area contributed by atoms with Gasteiger partial charge in [-0.15, -0.1) is 10.2 Å². The Bertz CT molecular complexity index is 2360. The van der Waals surface area contributed by atoms with Crippen LogP contribution in [0.5, 0.6) is 0 Å². The van der Waals surface area contributed by atoms with Gasteiger partial charge in [0.2, 0.25) is 12.7 Å². The van der Waals surface area contributed by atoms with Crippen molar-refractivity contribution in [2.75, 3.05) is 13.2 Å². The quantitative estimate of drug-likeness (QED) is 0.0578. The Morgan fingerprint density at radius 1 is 0.486 bits per heavy atom. The maximum absolute atomic E-state index is 12.3. The average Bonchev–Trinajstić information content (AvgIpc) is 4.10. The van der Waals surface area contributed by atoms with E-state index in [-0.39, 0.29) is 13.1 Å². The zero-order valence-electron chi connectivity index (χ0n) is 39.5. The highest BCUT2D eigenvalue weighted by molar-refractivity contribution is 5.70. The summed E-state index contributed by atoms with van der Waals surface area (Å²) < 4.78 is 65.9. The van der Waals surface area contributed by atoms with Crippen LogP contribution in [0.4, 0.5) is 0 Å². The summed E-state index contributed by atoms with van der Waals surface area (Å²) in [7, 11) is 0. The van der Waals surface area contributed by atoms with E-state index < -0.39 is 122 Å². The lowest BCUT2D eigenvalue weighted by Crippen LogP contribution is -2.60. The lowest BCUT2D eigenvalue weighted by Gasteiger charge is -2.44. The number of carbonyl (C=O) groups excluding carboxylic acids is 8. The van der Waals surface area contributed by atoms with E-state index in [1.54, 1.807) is 12.4 Å². The Morgan fingerprint density at radius 2 is 0.814 bits per heavy atom. The van der Waals surface area contributed by atoms with Crippen LogP contribution in [0.15, 0.2) is 49.8 Å². The van der Waals surface area contributed by atoms with Crippen molar-refractivity contribution in [3.8, 4) is 0 Å². The third kappa shape index (κ3) is 14.0. The summed E-state index contributed by atoms with van der Waals surface area (Å²) in [6, 6.07) is 0. The minimum absolute atomic E-state index is 0.250. The van der Waals surface area contributed by atoms with Crippen LogP contribution in [0, 0.1) is 0 Å². The van der Waals surface area contributed by atoms with E-state index >= 15 is 0 Å². The number of aromatic nitrogens is 10. The molecule has 0 amide bonds. The molecule has 28 nitrogen and oxygen atoms in total. The van der Waals surface area contributed by atoms with Gasteiger partial charge in [0.1, 0.15) is 87.8 Å². The number of carbonyl (C=O) groups is 8. The molecule has 0 aromatic carbocycles. The summed E-state index contributed by atoms with van der Waals surface area (Å²) in [5.74, 6) is -5.82. The first-order chi connectivity index (χ1) is 33.2. The van der Waals surface area contributed by atoms with E-state index in [0.717, 1.165) is 41.5 Å². The van der Waals surface area contributed by atoms with Crippen LogP contribution in [0.2, 0.25) is 0 Å². The van der Waals surface area contributed by atoms with Gasteiger partial charge in [-0.3, -0.25) is 38.4 Å². The lowest BCUT2D eigenvalue weighted by atomic mass is 9.97. The van der Waals surface area contributed by atoms with Crippen molar-refractivity contribution in [1.29, 1.82) is 0 Å². The standard InChI is InChI=1S/C42H54N10O18/c1-23(53)61-19-33-35(63-25(3)55)37(65-27(5)57)39(67-29(7)59)41(69-33)51-17-31(43-45-51)15-49-13-11-47(21-49)9-10-48-12-14-50(22-48)16-32-18-52(46-44-32)42-40(68-30(8)60)38(66-28(6)58)36(64-26(4)56)34(70-42)20-62-24(2)54/h11-14,17-18,21-22,33-42H,9-10,15-16,19-20H2,1-8H3/q+2/t33-,34-,35-,36-,37+,38+,39-,40-,41-,42-/m1/s1. The van der Waals surface area contributed by atoms with Crippen molar-refractivity contribution in [3.63, 3.8) is 0 Å². The smallest absolute Gasteiger partial charge is 0.303 e. The van der Waals surface area contributed by atoms with Gasteiger partial charge < -0.3 is 47.4 Å². The van der Waals surface area contributed by atoms with Crippen LogP contribution >= 0.6 is 0 Å². The van der Waals surface area contributed by atoms with Crippen LogP contribution in [-0.2, 0) is 112 Å². The van der Waals surface area contributed by atoms with Crippen molar-refractivity contribution in [1.82, 2.24) is 39.1 Å². The lowest BCUT2D eigenvalue weighted by molar-refractivity contribution is -0.688. The van der Waals surface area contributed by atoms with E-state index in [1.165, 1.54) is 23.2 Å². The van der Waals surface area contributed by atoms with Gasteiger partial charge in [-0.05, 0) is 0 Å². The molecule has 10 atom stereocenters.